The summed E-state index contributed by atoms with van der Waals surface area (Å²) in [5, 5.41) is 0. The van der Waals surface area contributed by atoms with E-state index >= 15 is 0 Å². The third kappa shape index (κ3) is 9.47. The Labute approximate surface area is 292 Å². The Bertz CT molecular complexity index is 1630. The predicted octanol–water partition coefficient (Wildman–Crippen LogP) is 10.0. The zero-order valence-electron chi connectivity index (χ0n) is 29.5. The molecule has 0 aliphatic heterocycles. The molecule has 0 radical (unpaired) electrons. The maximum atomic E-state index is 14.1. The van der Waals surface area contributed by atoms with Gasteiger partial charge in [0.05, 0.1) is 17.0 Å². The smallest absolute Gasteiger partial charge is 0.241 e. The molecular weight excluding hydrogens is 674 g/mol. The van der Waals surface area contributed by atoms with Crippen LogP contribution in [-0.4, -0.2) is 8.42 Å². The Balaban J connectivity index is 0.000000519. The van der Waals surface area contributed by atoms with Crippen LogP contribution >= 0.6 is 0 Å². The molecule has 250 valence electrons. The van der Waals surface area contributed by atoms with E-state index in [1.54, 1.807) is 0 Å². The molecule has 0 spiro atoms. The van der Waals surface area contributed by atoms with Gasteiger partial charge in [0.2, 0.25) is 10.0 Å². The van der Waals surface area contributed by atoms with Crippen LogP contribution in [0.4, 0.5) is 0 Å². The van der Waals surface area contributed by atoms with Gasteiger partial charge in [0.25, 0.3) is 0 Å². The van der Waals surface area contributed by atoms with Gasteiger partial charge in [-0.3, -0.25) is 0 Å². The quantitative estimate of drug-likeness (QED) is 0.169. The second-order valence-corrected chi connectivity index (χ2v) is 15.0. The van der Waals surface area contributed by atoms with E-state index in [0.717, 1.165) is 27.8 Å². The average molecular weight is 728 g/mol. The average Bonchev–Trinajstić information content (AvgIpc) is 3.01. The van der Waals surface area contributed by atoms with Crippen LogP contribution in [0.2, 0.25) is 0 Å². The predicted molar refractivity (Wildman–Crippen MR) is 192 cm³/mol. The summed E-state index contributed by atoms with van der Waals surface area (Å²) in [7, 11) is -3.88. The van der Waals surface area contributed by atoms with E-state index in [2.05, 4.69) is 71.4 Å². The van der Waals surface area contributed by atoms with E-state index < -0.39 is 22.1 Å². The number of sulfonamides is 1. The number of benzene rings is 4. The molecule has 0 aliphatic carbocycles. The van der Waals surface area contributed by atoms with Crippen molar-refractivity contribution in [2.75, 3.05) is 0 Å². The van der Waals surface area contributed by atoms with Crippen molar-refractivity contribution in [3.05, 3.63) is 134 Å². The van der Waals surface area contributed by atoms with Crippen LogP contribution in [0.3, 0.4) is 0 Å². The SMILES string of the molecule is CC(C)c1cc(C(C)C)c(S(=O)(=O)N[C@H](c2ccccc2)[C@H](N)c2ccccc2)c(C(C)C)c1.Cc1cc(C)c(C)c(C)c1C.[Ru]. The van der Waals surface area contributed by atoms with Crippen LogP contribution in [0, 0.1) is 34.6 Å². The monoisotopic (exact) mass is 728 g/mol. The topological polar surface area (TPSA) is 72.2 Å². The molecule has 0 aliphatic rings. The van der Waals surface area contributed by atoms with E-state index in [1.807, 2.05) is 88.4 Å². The standard InChI is InChI=1S/C29H38N2O2S.C11H16.Ru/c1-19(2)24-17-25(20(3)4)29(26(18-24)21(5)6)34(32,33)31-28(23-15-11-8-12-16-23)27(30)22-13-9-7-10-14-22;1-7-6-8(2)10(4)11(5)9(7)3;/h7-21,27-28,31H,30H2,1-6H3;6H,1-5H3;/t27-,28-;;/m1../s1. The molecule has 0 aromatic heterocycles. The summed E-state index contributed by atoms with van der Waals surface area (Å²) in [6.45, 7) is 23.4. The maximum Gasteiger partial charge on any atom is 0.241 e. The zero-order chi connectivity index (χ0) is 33.6. The number of hydrogen-bond acceptors (Lipinski definition) is 3. The van der Waals surface area contributed by atoms with E-state index in [9.17, 15) is 8.42 Å². The van der Waals surface area contributed by atoms with Crippen molar-refractivity contribution in [2.45, 2.75) is 111 Å². The normalized spacial score (nSPS) is 12.8. The molecule has 3 N–H and O–H groups in total. The van der Waals surface area contributed by atoms with E-state index in [4.69, 9.17) is 5.73 Å². The molecule has 4 aromatic carbocycles. The molecule has 4 rings (SSSR count). The van der Waals surface area contributed by atoms with Crippen LogP contribution in [0.25, 0.3) is 0 Å². The summed E-state index contributed by atoms with van der Waals surface area (Å²) in [4.78, 5) is 0.392. The second-order valence-electron chi connectivity index (χ2n) is 13.3. The fourth-order valence-corrected chi connectivity index (χ4v) is 7.66. The molecule has 0 amide bonds. The first-order valence-electron chi connectivity index (χ1n) is 16.2. The van der Waals surface area contributed by atoms with Crippen molar-refractivity contribution in [1.29, 1.82) is 0 Å². The first-order valence-corrected chi connectivity index (χ1v) is 17.6. The van der Waals surface area contributed by atoms with Crippen LogP contribution in [0.5, 0.6) is 0 Å². The Morgan fingerprint density at radius 3 is 1.37 bits per heavy atom. The number of nitrogens with one attached hydrogen (secondary N) is 1. The van der Waals surface area contributed by atoms with Gasteiger partial charge in [-0.05, 0) is 108 Å². The third-order valence-corrected chi connectivity index (χ3v) is 10.6. The van der Waals surface area contributed by atoms with Gasteiger partial charge in [-0.15, -0.1) is 0 Å². The van der Waals surface area contributed by atoms with Gasteiger partial charge in [-0.25, -0.2) is 13.1 Å². The van der Waals surface area contributed by atoms with Gasteiger partial charge in [-0.2, -0.15) is 0 Å². The zero-order valence-corrected chi connectivity index (χ0v) is 32.1. The minimum atomic E-state index is -3.88. The van der Waals surface area contributed by atoms with Crippen LogP contribution in [0.15, 0.2) is 83.8 Å². The Kier molecular flexibility index (Phi) is 14.6. The minimum absolute atomic E-state index is 0. The Hall–Kier alpha value is -2.63. The Morgan fingerprint density at radius 1 is 0.565 bits per heavy atom. The number of rotatable bonds is 9. The number of nitrogens with two attached hydrogens (primary N) is 1. The summed E-state index contributed by atoms with van der Waals surface area (Å²) in [6, 6.07) is 24.4. The first-order chi connectivity index (χ1) is 21.1. The van der Waals surface area contributed by atoms with Crippen molar-refractivity contribution >= 4 is 10.0 Å². The molecule has 4 nitrogen and oxygen atoms in total. The van der Waals surface area contributed by atoms with Gasteiger partial charge < -0.3 is 5.73 Å². The molecular formula is C40H54N2O2RuS. The molecule has 0 saturated heterocycles. The summed E-state index contributed by atoms with van der Waals surface area (Å²) in [6.07, 6.45) is 0. The summed E-state index contributed by atoms with van der Waals surface area (Å²) < 4.78 is 31.2. The van der Waals surface area contributed by atoms with Crippen LogP contribution in [-0.2, 0) is 29.5 Å². The molecule has 0 heterocycles. The van der Waals surface area contributed by atoms with Gasteiger partial charge in [0.1, 0.15) is 0 Å². The summed E-state index contributed by atoms with van der Waals surface area (Å²) >= 11 is 0. The molecule has 0 saturated carbocycles. The Morgan fingerprint density at radius 2 is 0.978 bits per heavy atom. The molecule has 6 heteroatoms. The third-order valence-electron chi connectivity index (χ3n) is 9.07. The van der Waals surface area contributed by atoms with Crippen molar-refractivity contribution in [2.24, 2.45) is 5.73 Å². The van der Waals surface area contributed by atoms with Gasteiger partial charge >= 0.3 is 0 Å². The summed E-state index contributed by atoms with van der Waals surface area (Å²) in [5.74, 6) is 0.421. The summed E-state index contributed by atoms with van der Waals surface area (Å²) in [5.41, 5.74) is 18.4. The largest absolute Gasteiger partial charge is 0.322 e. The molecule has 2 atom stereocenters. The van der Waals surface area contributed by atoms with E-state index in [0.29, 0.717) is 10.8 Å². The first kappa shape index (κ1) is 39.6. The van der Waals surface area contributed by atoms with E-state index in [-0.39, 0.29) is 31.3 Å². The van der Waals surface area contributed by atoms with Crippen molar-refractivity contribution in [3.63, 3.8) is 0 Å². The molecule has 0 fully saturated rings. The second kappa shape index (κ2) is 17.0. The fourth-order valence-electron chi connectivity index (χ4n) is 5.72. The molecule has 4 aromatic rings. The minimum Gasteiger partial charge on any atom is -0.322 e. The van der Waals surface area contributed by atoms with Crippen molar-refractivity contribution < 1.29 is 27.9 Å². The number of aryl methyl sites for hydroxylation is 2. The van der Waals surface area contributed by atoms with Crippen LogP contribution in [0.1, 0.15) is 127 Å². The van der Waals surface area contributed by atoms with Crippen molar-refractivity contribution in [3.8, 4) is 0 Å². The van der Waals surface area contributed by atoms with Gasteiger partial charge in [0, 0.05) is 19.5 Å². The van der Waals surface area contributed by atoms with E-state index in [1.165, 1.54) is 27.8 Å². The molecule has 0 unspecified atom stereocenters. The van der Waals surface area contributed by atoms with Gasteiger partial charge in [0.15, 0.2) is 0 Å². The fraction of sp³-hybridized carbons (Fsp3) is 0.400. The molecule has 0 bridgehead atoms. The maximum absolute atomic E-state index is 14.1. The van der Waals surface area contributed by atoms with Crippen LogP contribution < -0.4 is 10.5 Å². The molecule has 46 heavy (non-hydrogen) atoms. The van der Waals surface area contributed by atoms with Crippen molar-refractivity contribution in [1.82, 2.24) is 4.72 Å². The number of hydrogen-bond donors (Lipinski definition) is 2. The van der Waals surface area contributed by atoms with Gasteiger partial charge in [-0.1, -0.05) is 120 Å².